The number of benzene rings is 2. The Hall–Kier alpha value is -3.74. The highest BCUT2D eigenvalue weighted by Gasteiger charge is 2.18. The molecule has 0 bridgehead atoms. The molecule has 4 aromatic rings. The van der Waals surface area contributed by atoms with Crippen LogP contribution in [-0.4, -0.2) is 20.0 Å². The van der Waals surface area contributed by atoms with Crippen LogP contribution in [-0.2, 0) is 17.9 Å². The quantitative estimate of drug-likeness (QED) is 0.482. The van der Waals surface area contributed by atoms with Crippen LogP contribution < -0.4 is 10.9 Å². The summed E-state index contributed by atoms with van der Waals surface area (Å²) in [6.07, 6.45) is 5.13. The van der Waals surface area contributed by atoms with E-state index in [0.29, 0.717) is 17.6 Å². The van der Waals surface area contributed by atoms with E-state index in [1.54, 1.807) is 33.8 Å². The summed E-state index contributed by atoms with van der Waals surface area (Å²) in [7, 11) is 0. The SMILES string of the molecule is CCCCn1cnc2c(-c3ccccc3)cn(CC(=O)Nc3ccccc3F)c2c1=O. The van der Waals surface area contributed by atoms with Crippen molar-refractivity contribution in [1.29, 1.82) is 0 Å². The zero-order valence-corrected chi connectivity index (χ0v) is 17.2. The first kappa shape index (κ1) is 20.5. The predicted molar refractivity (Wildman–Crippen MR) is 119 cm³/mol. The van der Waals surface area contributed by atoms with Crippen molar-refractivity contribution in [3.63, 3.8) is 0 Å². The molecule has 2 heterocycles. The van der Waals surface area contributed by atoms with Crippen molar-refractivity contribution in [3.05, 3.63) is 83.3 Å². The summed E-state index contributed by atoms with van der Waals surface area (Å²) in [6.45, 7) is 2.48. The monoisotopic (exact) mass is 418 g/mol. The molecule has 0 fully saturated rings. The highest BCUT2D eigenvalue weighted by molar-refractivity contribution is 5.95. The van der Waals surface area contributed by atoms with Crippen molar-refractivity contribution >= 4 is 22.6 Å². The maximum atomic E-state index is 13.9. The zero-order valence-electron chi connectivity index (χ0n) is 17.2. The second kappa shape index (κ2) is 8.95. The molecule has 0 radical (unpaired) electrons. The Morgan fingerprint density at radius 1 is 1.06 bits per heavy atom. The van der Waals surface area contributed by atoms with Gasteiger partial charge in [0.2, 0.25) is 5.91 Å². The van der Waals surface area contributed by atoms with Gasteiger partial charge in [-0.3, -0.25) is 14.2 Å². The van der Waals surface area contributed by atoms with E-state index in [0.717, 1.165) is 24.0 Å². The number of carbonyl (C=O) groups is 1. The van der Waals surface area contributed by atoms with Crippen molar-refractivity contribution in [2.75, 3.05) is 5.32 Å². The second-order valence-electron chi connectivity index (χ2n) is 7.36. The number of unbranched alkanes of at least 4 members (excludes halogenated alkanes) is 1. The maximum Gasteiger partial charge on any atom is 0.277 e. The van der Waals surface area contributed by atoms with Gasteiger partial charge in [-0.15, -0.1) is 0 Å². The fraction of sp³-hybridized carbons (Fsp3) is 0.208. The van der Waals surface area contributed by atoms with Crippen LogP contribution in [0.1, 0.15) is 19.8 Å². The van der Waals surface area contributed by atoms with Gasteiger partial charge in [0.15, 0.2) is 0 Å². The minimum Gasteiger partial charge on any atom is -0.332 e. The van der Waals surface area contributed by atoms with Gasteiger partial charge in [-0.2, -0.15) is 0 Å². The van der Waals surface area contributed by atoms with Crippen LogP contribution in [0.4, 0.5) is 10.1 Å². The minimum atomic E-state index is -0.512. The standard InChI is InChI=1S/C24H23FN4O2/c1-2-3-13-28-16-26-22-18(17-9-5-4-6-10-17)14-29(23(22)24(28)31)15-21(30)27-20-12-8-7-11-19(20)25/h4-12,14,16H,2-3,13,15H2,1H3,(H,27,30). The number of rotatable bonds is 7. The Morgan fingerprint density at radius 3 is 2.55 bits per heavy atom. The predicted octanol–water partition coefficient (Wildman–Crippen LogP) is 4.44. The molecule has 2 aromatic heterocycles. The van der Waals surface area contributed by atoms with Gasteiger partial charge in [0.25, 0.3) is 5.56 Å². The van der Waals surface area contributed by atoms with Crippen LogP contribution in [0.5, 0.6) is 0 Å². The van der Waals surface area contributed by atoms with Gasteiger partial charge in [-0.05, 0) is 24.1 Å². The average molecular weight is 418 g/mol. The number of carbonyl (C=O) groups excluding carboxylic acids is 1. The topological polar surface area (TPSA) is 68.9 Å². The minimum absolute atomic E-state index is 0.103. The first-order chi connectivity index (χ1) is 15.1. The molecular weight excluding hydrogens is 395 g/mol. The number of halogens is 1. The highest BCUT2D eigenvalue weighted by Crippen LogP contribution is 2.27. The van der Waals surface area contributed by atoms with E-state index in [4.69, 9.17) is 0 Å². The fourth-order valence-electron chi connectivity index (χ4n) is 3.56. The highest BCUT2D eigenvalue weighted by atomic mass is 19.1. The lowest BCUT2D eigenvalue weighted by Gasteiger charge is -2.09. The average Bonchev–Trinajstić information content (AvgIpc) is 3.14. The number of hydrogen-bond donors (Lipinski definition) is 1. The number of nitrogens with one attached hydrogen (secondary N) is 1. The number of nitrogens with zero attached hydrogens (tertiary/aromatic N) is 3. The third kappa shape index (κ3) is 4.26. The summed E-state index contributed by atoms with van der Waals surface area (Å²) in [5, 5.41) is 2.58. The molecule has 7 heteroatoms. The summed E-state index contributed by atoms with van der Waals surface area (Å²) in [4.78, 5) is 30.4. The van der Waals surface area contributed by atoms with Gasteiger partial charge in [-0.25, -0.2) is 9.37 Å². The Kier molecular flexibility index (Phi) is 5.93. The zero-order chi connectivity index (χ0) is 21.8. The third-order valence-corrected chi connectivity index (χ3v) is 5.14. The molecule has 2 aromatic carbocycles. The molecule has 0 saturated carbocycles. The molecule has 0 saturated heterocycles. The second-order valence-corrected chi connectivity index (χ2v) is 7.36. The summed E-state index contributed by atoms with van der Waals surface area (Å²) in [5.41, 5.74) is 2.49. The van der Waals surface area contributed by atoms with Crippen LogP contribution in [0.25, 0.3) is 22.2 Å². The molecule has 0 aliphatic heterocycles. The van der Waals surface area contributed by atoms with E-state index in [1.807, 2.05) is 30.3 Å². The van der Waals surface area contributed by atoms with Gasteiger partial charge in [-0.1, -0.05) is 55.8 Å². The number of fused-ring (bicyclic) bond motifs is 1. The molecule has 0 unspecified atom stereocenters. The Balaban J connectivity index is 1.76. The molecule has 0 spiro atoms. The number of anilines is 1. The molecule has 0 atom stereocenters. The molecule has 1 amide bonds. The summed E-state index contributed by atoms with van der Waals surface area (Å²) in [5.74, 6) is -0.938. The van der Waals surface area contributed by atoms with Crippen molar-refractivity contribution < 1.29 is 9.18 Å². The lowest BCUT2D eigenvalue weighted by atomic mass is 10.1. The number of aryl methyl sites for hydroxylation is 1. The number of aromatic nitrogens is 3. The van der Waals surface area contributed by atoms with Gasteiger partial charge in [0.1, 0.15) is 23.4 Å². The van der Waals surface area contributed by atoms with Crippen molar-refractivity contribution in [1.82, 2.24) is 14.1 Å². The summed E-state index contributed by atoms with van der Waals surface area (Å²) >= 11 is 0. The van der Waals surface area contributed by atoms with E-state index < -0.39 is 11.7 Å². The van der Waals surface area contributed by atoms with E-state index in [-0.39, 0.29) is 17.8 Å². The van der Waals surface area contributed by atoms with Gasteiger partial charge < -0.3 is 9.88 Å². The fourth-order valence-corrected chi connectivity index (χ4v) is 3.56. The molecule has 6 nitrogen and oxygen atoms in total. The van der Waals surface area contributed by atoms with E-state index in [1.165, 1.54) is 12.1 Å². The third-order valence-electron chi connectivity index (χ3n) is 5.14. The van der Waals surface area contributed by atoms with E-state index >= 15 is 0 Å². The van der Waals surface area contributed by atoms with Crippen LogP contribution in [0.3, 0.4) is 0 Å². The van der Waals surface area contributed by atoms with Crippen LogP contribution in [0.2, 0.25) is 0 Å². The normalized spacial score (nSPS) is 11.0. The van der Waals surface area contributed by atoms with Gasteiger partial charge in [0, 0.05) is 18.3 Å². The lowest BCUT2D eigenvalue weighted by molar-refractivity contribution is -0.116. The van der Waals surface area contributed by atoms with Crippen LogP contribution in [0, 0.1) is 5.82 Å². The molecule has 1 N–H and O–H groups in total. The number of hydrogen-bond acceptors (Lipinski definition) is 3. The first-order valence-corrected chi connectivity index (χ1v) is 10.3. The van der Waals surface area contributed by atoms with Crippen molar-refractivity contribution in [2.45, 2.75) is 32.9 Å². The molecular formula is C24H23FN4O2. The van der Waals surface area contributed by atoms with E-state index in [9.17, 15) is 14.0 Å². The van der Waals surface area contributed by atoms with Crippen LogP contribution >= 0.6 is 0 Å². The lowest BCUT2D eigenvalue weighted by Crippen LogP contribution is -2.25. The van der Waals surface area contributed by atoms with Crippen molar-refractivity contribution in [2.24, 2.45) is 0 Å². The smallest absolute Gasteiger partial charge is 0.277 e. The molecule has 4 rings (SSSR count). The molecule has 0 aliphatic carbocycles. The summed E-state index contributed by atoms with van der Waals surface area (Å²) in [6, 6.07) is 15.6. The maximum absolute atomic E-state index is 13.9. The molecule has 158 valence electrons. The molecule has 0 aliphatic rings. The van der Waals surface area contributed by atoms with Gasteiger partial charge >= 0.3 is 0 Å². The number of amides is 1. The Bertz CT molecular complexity index is 1280. The van der Waals surface area contributed by atoms with Crippen molar-refractivity contribution in [3.8, 4) is 11.1 Å². The Morgan fingerprint density at radius 2 is 1.81 bits per heavy atom. The molecule has 31 heavy (non-hydrogen) atoms. The number of para-hydroxylation sites is 1. The largest absolute Gasteiger partial charge is 0.332 e. The van der Waals surface area contributed by atoms with E-state index in [2.05, 4.69) is 17.2 Å². The summed E-state index contributed by atoms with van der Waals surface area (Å²) < 4.78 is 17.1. The van der Waals surface area contributed by atoms with Crippen LogP contribution in [0.15, 0.2) is 71.9 Å². The Labute approximate surface area is 179 Å². The van der Waals surface area contributed by atoms with Gasteiger partial charge in [0.05, 0.1) is 12.0 Å². The first-order valence-electron chi connectivity index (χ1n) is 10.3.